The smallest absolute Gasteiger partial charge is 0.325 e. The van der Waals surface area contributed by atoms with Crippen molar-refractivity contribution in [3.63, 3.8) is 0 Å². The van der Waals surface area contributed by atoms with Crippen LogP contribution in [0.4, 0.5) is 0 Å². The fourth-order valence-corrected chi connectivity index (χ4v) is 2.46. The maximum absolute atomic E-state index is 10.9. The van der Waals surface area contributed by atoms with Crippen molar-refractivity contribution in [2.75, 3.05) is 13.3 Å². The van der Waals surface area contributed by atoms with E-state index >= 15 is 0 Å². The first-order valence-electron chi connectivity index (χ1n) is 4.78. The largest absolute Gasteiger partial charge is 0.379 e. The Balaban J connectivity index is 2.49. The highest BCUT2D eigenvalue weighted by molar-refractivity contribution is 7.51. The highest BCUT2D eigenvalue weighted by Crippen LogP contribution is 2.38. The molecule has 2 N–H and O–H groups in total. The van der Waals surface area contributed by atoms with Gasteiger partial charge in [0.25, 0.3) is 0 Å². The van der Waals surface area contributed by atoms with Crippen LogP contribution >= 0.6 is 15.9 Å². The standard InChI is InChI=1S/C6H15BO7P2/c1-16(10,11)12-3-5-4(14-15(8)9)2-6(7)13-5/h4-6,15H,2-3,7H2,1H3,(H,8,9)(H,10,11)/t4-,5+,6+/m0/s1. The van der Waals surface area contributed by atoms with Crippen molar-refractivity contribution in [3.8, 4) is 0 Å². The van der Waals surface area contributed by atoms with Crippen LogP contribution in [-0.4, -0.2) is 49.1 Å². The van der Waals surface area contributed by atoms with Crippen molar-refractivity contribution in [2.24, 2.45) is 0 Å². The summed E-state index contributed by atoms with van der Waals surface area (Å²) in [6, 6.07) is -0.130. The molecule has 0 aromatic carbocycles. The summed E-state index contributed by atoms with van der Waals surface area (Å²) in [6.07, 6.45) is -0.695. The van der Waals surface area contributed by atoms with Crippen molar-refractivity contribution in [2.45, 2.75) is 24.6 Å². The lowest BCUT2D eigenvalue weighted by Crippen LogP contribution is -2.27. The Morgan fingerprint density at radius 3 is 2.81 bits per heavy atom. The van der Waals surface area contributed by atoms with Crippen LogP contribution in [0.15, 0.2) is 0 Å². The lowest BCUT2D eigenvalue weighted by molar-refractivity contribution is 0.00779. The number of ether oxygens (including phenoxy) is 1. The molecule has 1 heterocycles. The van der Waals surface area contributed by atoms with Crippen molar-refractivity contribution in [1.82, 2.24) is 0 Å². The van der Waals surface area contributed by atoms with Crippen LogP contribution in [0.1, 0.15) is 6.42 Å². The average Bonchev–Trinajstić information content (AvgIpc) is 2.40. The van der Waals surface area contributed by atoms with E-state index in [1.807, 2.05) is 0 Å². The third-order valence-electron chi connectivity index (χ3n) is 2.12. The van der Waals surface area contributed by atoms with Gasteiger partial charge in [0.15, 0.2) is 0 Å². The molecule has 0 aliphatic carbocycles. The monoisotopic (exact) mass is 272 g/mol. The van der Waals surface area contributed by atoms with E-state index in [9.17, 15) is 9.13 Å². The van der Waals surface area contributed by atoms with Gasteiger partial charge in [0.1, 0.15) is 14.0 Å². The molecule has 0 bridgehead atoms. The predicted molar refractivity (Wildman–Crippen MR) is 59.6 cm³/mol. The molecule has 1 aliphatic rings. The molecule has 1 fully saturated rings. The van der Waals surface area contributed by atoms with Gasteiger partial charge in [-0.25, -0.2) is 0 Å². The van der Waals surface area contributed by atoms with Crippen LogP contribution in [0.3, 0.4) is 0 Å². The minimum absolute atomic E-state index is 0.130. The van der Waals surface area contributed by atoms with Crippen LogP contribution in [0.2, 0.25) is 0 Å². The molecule has 7 nitrogen and oxygen atoms in total. The predicted octanol–water partition coefficient (Wildman–Crippen LogP) is -0.667. The Kier molecular flexibility index (Phi) is 5.20. The highest BCUT2D eigenvalue weighted by atomic mass is 31.2. The maximum Gasteiger partial charge on any atom is 0.325 e. The fourth-order valence-electron chi connectivity index (χ4n) is 1.53. The summed E-state index contributed by atoms with van der Waals surface area (Å²) >= 11 is 0. The van der Waals surface area contributed by atoms with E-state index in [2.05, 4.69) is 0 Å². The summed E-state index contributed by atoms with van der Waals surface area (Å²) in [5, 5.41) is 0. The van der Waals surface area contributed by atoms with Crippen LogP contribution in [0, 0.1) is 0 Å². The lowest BCUT2D eigenvalue weighted by atomic mass is 9.96. The van der Waals surface area contributed by atoms with Gasteiger partial charge in [0.05, 0.1) is 12.7 Å². The normalized spacial score (nSPS) is 35.8. The van der Waals surface area contributed by atoms with Gasteiger partial charge in [-0.15, -0.1) is 0 Å². The lowest BCUT2D eigenvalue weighted by Gasteiger charge is -2.18. The van der Waals surface area contributed by atoms with Gasteiger partial charge in [-0.2, -0.15) is 0 Å². The Bertz CT molecular complexity index is 305. The van der Waals surface area contributed by atoms with Gasteiger partial charge in [0, 0.05) is 12.7 Å². The van der Waals surface area contributed by atoms with E-state index in [4.69, 9.17) is 23.6 Å². The zero-order valence-electron chi connectivity index (χ0n) is 9.03. The first-order valence-corrected chi connectivity index (χ1v) is 8.06. The summed E-state index contributed by atoms with van der Waals surface area (Å²) in [4.78, 5) is 17.6. The Hall–Kier alpha value is 0.325. The Morgan fingerprint density at radius 1 is 1.69 bits per heavy atom. The summed E-state index contributed by atoms with van der Waals surface area (Å²) in [5.74, 6) is 0. The molecule has 1 rings (SSSR count). The number of hydrogen-bond donors (Lipinski definition) is 2. The average molecular weight is 272 g/mol. The van der Waals surface area contributed by atoms with Gasteiger partial charge >= 0.3 is 15.9 Å². The topological polar surface area (TPSA) is 102 Å². The van der Waals surface area contributed by atoms with E-state index in [0.717, 1.165) is 6.66 Å². The minimum Gasteiger partial charge on any atom is -0.379 e. The van der Waals surface area contributed by atoms with Crippen molar-refractivity contribution in [3.05, 3.63) is 0 Å². The maximum atomic E-state index is 10.9. The molecule has 1 saturated heterocycles. The second-order valence-electron chi connectivity index (χ2n) is 3.74. The SMILES string of the molecule is B[C@H]1C[C@H](O[PH](=O)O)[C@@H](COP(C)(=O)O)O1. The zero-order valence-corrected chi connectivity index (χ0v) is 10.9. The third kappa shape index (κ3) is 5.10. The van der Waals surface area contributed by atoms with E-state index in [-0.39, 0.29) is 12.6 Å². The van der Waals surface area contributed by atoms with E-state index in [1.165, 1.54) is 0 Å². The molecular weight excluding hydrogens is 257 g/mol. The molecular formula is C6H15BO7P2. The number of hydrogen-bond acceptors (Lipinski definition) is 5. The second kappa shape index (κ2) is 5.78. The van der Waals surface area contributed by atoms with E-state index in [1.54, 1.807) is 7.85 Å². The minimum atomic E-state index is -3.57. The van der Waals surface area contributed by atoms with Crippen LogP contribution in [-0.2, 0) is 22.9 Å². The summed E-state index contributed by atoms with van der Waals surface area (Å²) < 4.78 is 36.3. The van der Waals surface area contributed by atoms with Gasteiger partial charge in [-0.1, -0.05) is 0 Å². The van der Waals surface area contributed by atoms with Crippen LogP contribution in [0.5, 0.6) is 0 Å². The first-order chi connectivity index (χ1) is 7.28. The van der Waals surface area contributed by atoms with Gasteiger partial charge in [0.2, 0.25) is 0 Å². The van der Waals surface area contributed by atoms with Crippen molar-refractivity contribution < 1.29 is 32.7 Å². The molecule has 1 aliphatic heterocycles. The van der Waals surface area contributed by atoms with E-state index in [0.29, 0.717) is 6.42 Å². The molecule has 10 heteroatoms. The quantitative estimate of drug-likeness (QED) is 0.505. The van der Waals surface area contributed by atoms with Crippen LogP contribution < -0.4 is 0 Å². The molecule has 5 atom stereocenters. The van der Waals surface area contributed by atoms with Crippen molar-refractivity contribution in [1.29, 1.82) is 0 Å². The molecule has 0 spiro atoms. The fraction of sp³-hybridized carbons (Fsp3) is 1.00. The summed E-state index contributed by atoms with van der Waals surface area (Å²) in [5.41, 5.74) is 0. The molecule has 0 radical (unpaired) electrons. The van der Waals surface area contributed by atoms with Crippen molar-refractivity contribution >= 4 is 23.7 Å². The molecule has 2 unspecified atom stereocenters. The Morgan fingerprint density at radius 2 is 2.31 bits per heavy atom. The summed E-state index contributed by atoms with van der Waals surface area (Å²) in [6.45, 7) is 0.935. The van der Waals surface area contributed by atoms with Gasteiger partial charge < -0.3 is 23.6 Å². The zero-order chi connectivity index (χ0) is 12.3. The van der Waals surface area contributed by atoms with E-state index < -0.39 is 28.1 Å². The number of rotatable bonds is 5. The molecule has 94 valence electrons. The Labute approximate surface area is 95.0 Å². The van der Waals surface area contributed by atoms with Gasteiger partial charge in [-0.3, -0.25) is 9.13 Å². The molecule has 16 heavy (non-hydrogen) atoms. The molecule has 0 amide bonds. The first kappa shape index (κ1) is 14.4. The van der Waals surface area contributed by atoms with Crippen LogP contribution in [0.25, 0.3) is 0 Å². The third-order valence-corrected chi connectivity index (χ3v) is 3.25. The molecule has 0 saturated carbocycles. The summed E-state index contributed by atoms with van der Waals surface area (Å²) in [7, 11) is -4.82. The second-order valence-corrected chi connectivity index (χ2v) is 6.37. The molecule has 0 aromatic rings. The van der Waals surface area contributed by atoms with Gasteiger partial charge in [-0.05, 0) is 6.42 Å². The molecule has 0 aromatic heterocycles. The highest BCUT2D eigenvalue weighted by Gasteiger charge is 2.35.